The molecule has 4 heterocycles. The van der Waals surface area contributed by atoms with Crippen LogP contribution in [0.3, 0.4) is 0 Å². The molecule has 242 valence electrons. The fraction of sp³-hybridized carbons (Fsp3) is 0.412. The number of hydrogen-bond acceptors (Lipinski definition) is 7. The van der Waals surface area contributed by atoms with Crippen molar-refractivity contribution < 1.29 is 33.8 Å². The molecule has 10 nitrogen and oxygen atoms in total. The Kier molecular flexibility index (Phi) is 9.38. The molecule has 2 fully saturated rings. The summed E-state index contributed by atoms with van der Waals surface area (Å²) in [7, 11) is 0. The quantitative estimate of drug-likeness (QED) is 0.354. The number of nitrogens with zero attached hydrogens (tertiary/aromatic N) is 2. The summed E-state index contributed by atoms with van der Waals surface area (Å²) in [5, 5.41) is 13.6. The number of hydrogen-bond donors (Lipinski definition) is 2. The van der Waals surface area contributed by atoms with Crippen LogP contribution < -0.4 is 10.2 Å². The highest BCUT2D eigenvalue weighted by Gasteiger charge is 2.75. The van der Waals surface area contributed by atoms with Crippen LogP contribution in [0.4, 0.5) is 5.69 Å². The highest BCUT2D eigenvalue weighted by Crippen LogP contribution is 2.59. The monoisotopic (exact) mass is 711 g/mol. The van der Waals surface area contributed by atoms with E-state index < -0.39 is 59.5 Å². The zero-order valence-corrected chi connectivity index (χ0v) is 27.5. The van der Waals surface area contributed by atoms with Crippen LogP contribution in [0.15, 0.2) is 77.3 Å². The van der Waals surface area contributed by atoms with Gasteiger partial charge in [0.05, 0.1) is 35.8 Å². The third-order valence-corrected chi connectivity index (χ3v) is 10.3. The molecule has 7 atom stereocenters. The van der Waals surface area contributed by atoms with E-state index in [1.165, 1.54) is 9.80 Å². The van der Waals surface area contributed by atoms with Gasteiger partial charge < -0.3 is 29.7 Å². The fourth-order valence-corrected chi connectivity index (χ4v) is 8.03. The molecule has 4 aliphatic rings. The van der Waals surface area contributed by atoms with Gasteiger partial charge in [-0.1, -0.05) is 89.1 Å². The van der Waals surface area contributed by atoms with Gasteiger partial charge in [-0.3, -0.25) is 19.2 Å². The number of likely N-dealkylation sites (tertiary alicyclic amines) is 1. The molecule has 3 amide bonds. The van der Waals surface area contributed by atoms with Gasteiger partial charge in [0.15, 0.2) is 0 Å². The first-order valence-electron chi connectivity index (χ1n) is 15.4. The number of rotatable bonds is 5. The second-order valence-corrected chi connectivity index (χ2v) is 13.2. The van der Waals surface area contributed by atoms with Crippen molar-refractivity contribution in [1.82, 2.24) is 10.2 Å². The Morgan fingerprint density at radius 1 is 1.07 bits per heavy atom. The standard InChI is InChI=1S/C34H35BrClN3O7/c1-2-21(19-40)39-30-32(43)38(24-14-9-8-13-23(24)36)16-10-4-7-15-26(41)37-18-25(20-11-5-3-6-12-20)45-33(44)27-28(31(39)42)34(30)17-22(35)29(27)46-34/h3-6,8-14,17,21,25,27-30,40H,2,7,15-16,18-19H2,1H3,(H,37,41)/b10-4-/t21-,25-,27-,28+,29-,30-,34+/m0/s1. The van der Waals surface area contributed by atoms with Gasteiger partial charge in [-0.2, -0.15) is 0 Å². The number of anilines is 1. The van der Waals surface area contributed by atoms with Crippen molar-refractivity contribution in [1.29, 1.82) is 0 Å². The number of carbonyl (C=O) groups is 4. The number of ether oxygens (including phenoxy) is 2. The first-order valence-corrected chi connectivity index (χ1v) is 16.6. The molecular formula is C34H35BrClN3O7. The SMILES string of the molecule is CC[C@@H](CO)N1C(=O)[C@H]2[C@@H]3C(=O)O[C@H](c4ccccc4)CNC(=O)CC/C=C\CN(c4ccccc4Cl)C(=O)[C@H]1[C@@]21C=C(Br)[C@@H]3O1. The maximum Gasteiger partial charge on any atom is 0.313 e. The van der Waals surface area contributed by atoms with E-state index in [-0.39, 0.29) is 32.0 Å². The number of fused-ring (bicyclic) bond motifs is 2. The fourth-order valence-electron chi connectivity index (χ4n) is 7.06. The Hall–Kier alpha value is -3.51. The Balaban J connectivity index is 1.48. The van der Waals surface area contributed by atoms with Crippen LogP contribution in [0.25, 0.3) is 0 Å². The van der Waals surface area contributed by atoms with Crippen molar-refractivity contribution in [2.75, 3.05) is 24.6 Å². The predicted octanol–water partition coefficient (Wildman–Crippen LogP) is 4.07. The number of amides is 3. The molecule has 0 radical (unpaired) electrons. The van der Waals surface area contributed by atoms with Gasteiger partial charge >= 0.3 is 5.97 Å². The van der Waals surface area contributed by atoms with Crippen LogP contribution in [0.5, 0.6) is 0 Å². The second kappa shape index (κ2) is 13.3. The maximum absolute atomic E-state index is 14.9. The summed E-state index contributed by atoms with van der Waals surface area (Å²) in [6, 6.07) is 14.0. The molecule has 2 saturated heterocycles. The minimum absolute atomic E-state index is 0.0350. The third kappa shape index (κ3) is 5.57. The molecule has 2 N–H and O–H groups in total. The van der Waals surface area contributed by atoms with Crippen molar-refractivity contribution in [2.24, 2.45) is 11.8 Å². The summed E-state index contributed by atoms with van der Waals surface area (Å²) >= 11 is 10.2. The van der Waals surface area contributed by atoms with Gasteiger partial charge in [0.2, 0.25) is 11.8 Å². The topological polar surface area (TPSA) is 125 Å². The largest absolute Gasteiger partial charge is 0.455 e. The van der Waals surface area contributed by atoms with Crippen LogP contribution in [0, 0.1) is 11.8 Å². The van der Waals surface area contributed by atoms with Gasteiger partial charge in [0.1, 0.15) is 29.8 Å². The van der Waals surface area contributed by atoms with Crippen LogP contribution in [-0.4, -0.2) is 77.2 Å². The van der Waals surface area contributed by atoms with Gasteiger partial charge in [-0.15, -0.1) is 0 Å². The van der Waals surface area contributed by atoms with E-state index in [2.05, 4.69) is 21.2 Å². The van der Waals surface area contributed by atoms with Crippen LogP contribution in [0.2, 0.25) is 5.02 Å². The lowest BCUT2D eigenvalue weighted by Gasteiger charge is -2.38. The van der Waals surface area contributed by atoms with E-state index in [4.69, 9.17) is 21.1 Å². The molecule has 2 aromatic carbocycles. The normalized spacial score (nSPS) is 31.3. The van der Waals surface area contributed by atoms with Crippen molar-refractivity contribution in [3.63, 3.8) is 0 Å². The zero-order valence-electron chi connectivity index (χ0n) is 25.2. The Morgan fingerprint density at radius 3 is 2.52 bits per heavy atom. The number of carbonyl (C=O) groups excluding carboxylic acids is 4. The number of allylic oxidation sites excluding steroid dienone is 1. The molecule has 0 aliphatic carbocycles. The van der Waals surface area contributed by atoms with Crippen molar-refractivity contribution in [3.8, 4) is 0 Å². The minimum atomic E-state index is -1.52. The summed E-state index contributed by atoms with van der Waals surface area (Å²) in [5.74, 6) is -4.04. The van der Waals surface area contributed by atoms with Crippen molar-refractivity contribution in [3.05, 3.63) is 87.9 Å². The number of aliphatic hydroxyl groups is 1. The highest BCUT2D eigenvalue weighted by molar-refractivity contribution is 9.11. The third-order valence-electron chi connectivity index (χ3n) is 9.26. The average Bonchev–Trinajstić information content (AvgIpc) is 3.65. The summed E-state index contributed by atoms with van der Waals surface area (Å²) in [5.41, 5.74) is -0.412. The summed E-state index contributed by atoms with van der Waals surface area (Å²) in [6.07, 6.45) is 4.57. The number of nitrogens with one attached hydrogen (secondary N) is 1. The average molecular weight is 713 g/mol. The molecule has 0 aromatic heterocycles. The van der Waals surface area contributed by atoms with Gasteiger partial charge in [0, 0.05) is 17.4 Å². The van der Waals surface area contributed by atoms with Crippen molar-refractivity contribution >= 4 is 56.9 Å². The van der Waals surface area contributed by atoms with E-state index in [1.54, 1.807) is 48.6 Å². The number of aliphatic hydroxyl groups excluding tert-OH is 1. The van der Waals surface area contributed by atoms with E-state index >= 15 is 0 Å². The second-order valence-electron chi connectivity index (χ2n) is 11.9. The van der Waals surface area contributed by atoms with E-state index in [9.17, 15) is 24.3 Å². The van der Waals surface area contributed by atoms with E-state index in [0.29, 0.717) is 33.6 Å². The Morgan fingerprint density at radius 2 is 1.80 bits per heavy atom. The molecule has 5 bridgehead atoms. The number of para-hydroxylation sites is 1. The summed E-state index contributed by atoms with van der Waals surface area (Å²) < 4.78 is 13.2. The van der Waals surface area contributed by atoms with Crippen LogP contribution in [-0.2, 0) is 28.7 Å². The van der Waals surface area contributed by atoms with Gasteiger partial charge in [0.25, 0.3) is 5.91 Å². The maximum atomic E-state index is 14.9. The Bertz CT molecular complexity index is 1580. The van der Waals surface area contributed by atoms with Crippen LogP contribution >= 0.6 is 27.5 Å². The molecular weight excluding hydrogens is 678 g/mol. The molecule has 6 rings (SSSR count). The zero-order chi connectivity index (χ0) is 32.6. The smallest absolute Gasteiger partial charge is 0.313 e. The molecule has 4 aliphatic heterocycles. The van der Waals surface area contributed by atoms with Gasteiger partial charge in [-0.25, -0.2) is 0 Å². The first kappa shape index (κ1) is 32.4. The molecule has 2 aromatic rings. The first-order chi connectivity index (χ1) is 22.2. The lowest BCUT2D eigenvalue weighted by molar-refractivity contribution is -0.160. The minimum Gasteiger partial charge on any atom is -0.455 e. The predicted molar refractivity (Wildman–Crippen MR) is 174 cm³/mol. The molecule has 46 heavy (non-hydrogen) atoms. The summed E-state index contributed by atoms with van der Waals surface area (Å²) in [4.78, 5) is 59.2. The number of halogens is 2. The van der Waals surface area contributed by atoms with E-state index in [0.717, 1.165) is 0 Å². The number of benzene rings is 2. The van der Waals surface area contributed by atoms with Crippen LogP contribution in [0.1, 0.15) is 37.9 Å². The number of esters is 1. The number of cyclic esters (lactones) is 1. The van der Waals surface area contributed by atoms with Gasteiger partial charge in [-0.05, 0) is 36.6 Å². The molecule has 0 unspecified atom stereocenters. The highest BCUT2D eigenvalue weighted by atomic mass is 79.9. The molecule has 1 spiro atoms. The molecule has 12 heteroatoms. The lowest BCUT2D eigenvalue weighted by atomic mass is 9.74. The van der Waals surface area contributed by atoms with Crippen molar-refractivity contribution in [2.45, 2.75) is 56.1 Å². The summed E-state index contributed by atoms with van der Waals surface area (Å²) in [6.45, 7) is 1.56. The molecule has 0 saturated carbocycles. The van der Waals surface area contributed by atoms with E-state index in [1.807, 2.05) is 31.2 Å². The Labute approximate surface area is 280 Å². The lowest BCUT2D eigenvalue weighted by Crippen LogP contribution is -2.58.